The number of fused-ring (bicyclic) bond motifs is 4. The second-order valence-electron chi connectivity index (χ2n) is 11.0. The van der Waals surface area contributed by atoms with Gasteiger partial charge in [-0.25, -0.2) is 0 Å². The van der Waals surface area contributed by atoms with Crippen molar-refractivity contribution in [2.45, 2.75) is 12.3 Å². The standard InChI is InChI=1S/C39H30N2/c1-2-10-28(11-3-1)32-26-31-12-4-7-15-37(31)40(27-32)33-22-18-29(19-23-33)30-20-24-34(25-21-30)41-38-16-8-5-13-35(38)36-14-6-9-17-39(36)41/h1-25,32H,26-27H2. The lowest BCUT2D eigenvalue weighted by atomic mass is 9.87. The second-order valence-corrected chi connectivity index (χ2v) is 11.0. The molecule has 0 radical (unpaired) electrons. The van der Waals surface area contributed by atoms with E-state index in [9.17, 15) is 0 Å². The maximum atomic E-state index is 2.49. The van der Waals surface area contributed by atoms with Crippen LogP contribution in [0.25, 0.3) is 38.6 Å². The van der Waals surface area contributed by atoms with Gasteiger partial charge in [0.2, 0.25) is 0 Å². The molecule has 0 spiro atoms. The van der Waals surface area contributed by atoms with Gasteiger partial charge >= 0.3 is 0 Å². The molecule has 2 nitrogen and oxygen atoms in total. The highest BCUT2D eigenvalue weighted by atomic mass is 15.1. The summed E-state index contributed by atoms with van der Waals surface area (Å²) in [7, 11) is 0. The minimum Gasteiger partial charge on any atom is -0.341 e. The summed E-state index contributed by atoms with van der Waals surface area (Å²) in [6.45, 7) is 0.980. The van der Waals surface area contributed by atoms with Crippen LogP contribution in [-0.2, 0) is 6.42 Å². The van der Waals surface area contributed by atoms with E-state index < -0.39 is 0 Å². The molecule has 8 rings (SSSR count). The maximum absolute atomic E-state index is 2.49. The van der Waals surface area contributed by atoms with Gasteiger partial charge in [-0.1, -0.05) is 109 Å². The van der Waals surface area contributed by atoms with Gasteiger partial charge in [0.1, 0.15) is 0 Å². The molecule has 6 aromatic carbocycles. The van der Waals surface area contributed by atoms with Crippen LogP contribution >= 0.6 is 0 Å². The third-order valence-corrected chi connectivity index (χ3v) is 8.64. The van der Waals surface area contributed by atoms with Crippen LogP contribution in [0.2, 0.25) is 0 Å². The number of aromatic nitrogens is 1. The molecule has 2 heteroatoms. The fraction of sp³-hybridized carbons (Fsp3) is 0.0769. The van der Waals surface area contributed by atoms with Gasteiger partial charge in [-0.2, -0.15) is 0 Å². The van der Waals surface area contributed by atoms with E-state index in [0.717, 1.165) is 13.0 Å². The summed E-state index contributed by atoms with van der Waals surface area (Å²) < 4.78 is 2.37. The van der Waals surface area contributed by atoms with E-state index in [-0.39, 0.29) is 0 Å². The van der Waals surface area contributed by atoms with Crippen molar-refractivity contribution in [1.82, 2.24) is 4.57 Å². The molecule has 1 aliphatic heterocycles. The zero-order chi connectivity index (χ0) is 27.2. The van der Waals surface area contributed by atoms with E-state index in [1.807, 2.05) is 0 Å². The van der Waals surface area contributed by atoms with Crippen LogP contribution in [0.15, 0.2) is 152 Å². The molecule has 1 aliphatic rings. The van der Waals surface area contributed by atoms with Crippen LogP contribution in [0, 0.1) is 0 Å². The Bertz CT molecular complexity index is 1930. The highest BCUT2D eigenvalue weighted by molar-refractivity contribution is 6.09. The summed E-state index contributed by atoms with van der Waals surface area (Å²) in [6, 6.07) is 55.2. The lowest BCUT2D eigenvalue weighted by Gasteiger charge is -2.36. The SMILES string of the molecule is c1ccc(C2Cc3ccccc3N(c3ccc(-c4ccc(-n5c6ccccc6c6ccccc65)cc4)cc3)C2)cc1. The molecule has 7 aromatic rings. The Kier molecular flexibility index (Phi) is 5.70. The molecule has 0 bridgehead atoms. The number of para-hydroxylation sites is 3. The van der Waals surface area contributed by atoms with Crippen LogP contribution in [0.4, 0.5) is 11.4 Å². The van der Waals surface area contributed by atoms with Crippen LogP contribution in [0.1, 0.15) is 17.0 Å². The van der Waals surface area contributed by atoms with Gasteiger partial charge < -0.3 is 9.47 Å². The summed E-state index contributed by atoms with van der Waals surface area (Å²) in [6.07, 6.45) is 1.08. The Labute approximate surface area is 240 Å². The largest absolute Gasteiger partial charge is 0.341 e. The van der Waals surface area contributed by atoms with E-state index in [0.29, 0.717) is 5.92 Å². The van der Waals surface area contributed by atoms with Crippen molar-refractivity contribution in [3.05, 3.63) is 163 Å². The first kappa shape index (κ1) is 23.8. The molecule has 0 saturated heterocycles. The summed E-state index contributed by atoms with van der Waals surface area (Å²) in [4.78, 5) is 2.49. The highest BCUT2D eigenvalue weighted by Crippen LogP contribution is 2.39. The number of rotatable bonds is 4. The molecule has 1 aromatic heterocycles. The van der Waals surface area contributed by atoms with E-state index in [1.54, 1.807) is 0 Å². The first-order valence-electron chi connectivity index (χ1n) is 14.4. The minimum absolute atomic E-state index is 0.471. The van der Waals surface area contributed by atoms with Crippen molar-refractivity contribution in [2.75, 3.05) is 11.4 Å². The molecule has 196 valence electrons. The second kappa shape index (κ2) is 9.83. The van der Waals surface area contributed by atoms with Crippen LogP contribution in [0.5, 0.6) is 0 Å². The zero-order valence-corrected chi connectivity index (χ0v) is 22.8. The third kappa shape index (κ3) is 4.11. The predicted molar refractivity (Wildman–Crippen MR) is 173 cm³/mol. The van der Waals surface area contributed by atoms with E-state index in [2.05, 4.69) is 161 Å². The number of benzene rings is 6. The number of hydrogen-bond donors (Lipinski definition) is 0. The van der Waals surface area contributed by atoms with Gasteiger partial charge in [-0.05, 0) is 71.1 Å². The number of hydrogen-bond acceptors (Lipinski definition) is 1. The molecule has 1 atom stereocenters. The fourth-order valence-corrected chi connectivity index (χ4v) is 6.63. The Morgan fingerprint density at radius 3 is 1.66 bits per heavy atom. The number of nitrogens with zero attached hydrogens (tertiary/aromatic N) is 2. The first-order valence-corrected chi connectivity index (χ1v) is 14.4. The van der Waals surface area contributed by atoms with Crippen molar-refractivity contribution >= 4 is 33.2 Å². The van der Waals surface area contributed by atoms with Gasteiger partial charge in [0, 0.05) is 40.3 Å². The van der Waals surface area contributed by atoms with Gasteiger partial charge in [0.05, 0.1) is 11.0 Å². The molecule has 41 heavy (non-hydrogen) atoms. The Hall–Kier alpha value is -5.08. The average Bonchev–Trinajstić information content (AvgIpc) is 3.39. The predicted octanol–water partition coefficient (Wildman–Crippen LogP) is 9.93. The minimum atomic E-state index is 0.471. The van der Waals surface area contributed by atoms with Crippen LogP contribution < -0.4 is 4.90 Å². The fourth-order valence-electron chi connectivity index (χ4n) is 6.63. The summed E-state index contributed by atoms with van der Waals surface area (Å²) in [5, 5.41) is 2.58. The highest BCUT2D eigenvalue weighted by Gasteiger charge is 2.26. The van der Waals surface area contributed by atoms with Gasteiger partial charge in [-0.15, -0.1) is 0 Å². The van der Waals surface area contributed by atoms with E-state index >= 15 is 0 Å². The molecule has 0 saturated carbocycles. The molecule has 2 heterocycles. The van der Waals surface area contributed by atoms with E-state index in [4.69, 9.17) is 0 Å². The van der Waals surface area contributed by atoms with Crippen molar-refractivity contribution in [1.29, 1.82) is 0 Å². The monoisotopic (exact) mass is 526 g/mol. The molecule has 1 unspecified atom stereocenters. The molecule has 0 amide bonds. The summed E-state index contributed by atoms with van der Waals surface area (Å²) in [5.41, 5.74) is 11.5. The molecule has 0 N–H and O–H groups in total. The van der Waals surface area contributed by atoms with Crippen LogP contribution in [0.3, 0.4) is 0 Å². The quantitative estimate of drug-likeness (QED) is 0.222. The molecule has 0 fully saturated rings. The zero-order valence-electron chi connectivity index (χ0n) is 22.8. The van der Waals surface area contributed by atoms with E-state index in [1.165, 1.54) is 61.1 Å². The molecular weight excluding hydrogens is 496 g/mol. The van der Waals surface area contributed by atoms with Crippen molar-refractivity contribution < 1.29 is 0 Å². The van der Waals surface area contributed by atoms with Crippen molar-refractivity contribution in [2.24, 2.45) is 0 Å². The topological polar surface area (TPSA) is 8.17 Å². The van der Waals surface area contributed by atoms with Gasteiger partial charge in [-0.3, -0.25) is 0 Å². The molecule has 0 aliphatic carbocycles. The normalized spacial score (nSPS) is 14.8. The molecular formula is C39H30N2. The number of anilines is 2. The average molecular weight is 527 g/mol. The maximum Gasteiger partial charge on any atom is 0.0541 e. The third-order valence-electron chi connectivity index (χ3n) is 8.64. The van der Waals surface area contributed by atoms with Crippen molar-refractivity contribution in [3.63, 3.8) is 0 Å². The first-order chi connectivity index (χ1) is 20.3. The smallest absolute Gasteiger partial charge is 0.0541 e. The summed E-state index contributed by atoms with van der Waals surface area (Å²) >= 11 is 0. The van der Waals surface area contributed by atoms with Gasteiger partial charge in [0.25, 0.3) is 0 Å². The summed E-state index contributed by atoms with van der Waals surface area (Å²) in [5.74, 6) is 0.471. The van der Waals surface area contributed by atoms with Crippen molar-refractivity contribution in [3.8, 4) is 16.8 Å². The van der Waals surface area contributed by atoms with Crippen LogP contribution in [-0.4, -0.2) is 11.1 Å². The Morgan fingerprint density at radius 2 is 1.00 bits per heavy atom. The Morgan fingerprint density at radius 1 is 0.463 bits per heavy atom. The lowest BCUT2D eigenvalue weighted by Crippen LogP contribution is -2.30. The Balaban J connectivity index is 1.11. The lowest BCUT2D eigenvalue weighted by molar-refractivity contribution is 0.653. The van der Waals surface area contributed by atoms with Gasteiger partial charge in [0.15, 0.2) is 0 Å².